The molecule has 0 spiro atoms. The number of halogens is 4. The summed E-state index contributed by atoms with van der Waals surface area (Å²) in [6.45, 7) is 8.25. The van der Waals surface area contributed by atoms with Crippen LogP contribution in [-0.4, -0.2) is 23.0 Å². The van der Waals surface area contributed by atoms with E-state index in [9.17, 15) is 14.7 Å². The molecule has 8 nitrogen and oxygen atoms in total. The number of amides is 2. The number of aromatic hydroxyl groups is 1. The number of rotatable bonds is 18. The summed E-state index contributed by atoms with van der Waals surface area (Å²) in [5, 5.41) is 25.1. The quantitative estimate of drug-likeness (QED) is 0.111. The van der Waals surface area contributed by atoms with E-state index < -0.39 is 12.0 Å². The highest BCUT2D eigenvalue weighted by Crippen LogP contribution is 2.40. The lowest BCUT2D eigenvalue weighted by atomic mass is 9.86. The first-order valence-corrected chi connectivity index (χ1v) is 19.0. The third-order valence-corrected chi connectivity index (χ3v) is 9.75. The predicted octanol–water partition coefficient (Wildman–Crippen LogP) is 12.8. The zero-order valence-electron chi connectivity index (χ0n) is 29.6. The lowest BCUT2D eigenvalue weighted by Gasteiger charge is -2.23. The molecule has 1 aliphatic rings. The van der Waals surface area contributed by atoms with Crippen LogP contribution in [0.3, 0.4) is 0 Å². The molecule has 12 heteroatoms. The number of carbonyl (C=O) groups is 2. The maximum absolute atomic E-state index is 13.8. The highest BCUT2D eigenvalue weighted by Gasteiger charge is 2.29. The summed E-state index contributed by atoms with van der Waals surface area (Å²) < 4.78 is 6.32. The van der Waals surface area contributed by atoms with Gasteiger partial charge in [0.25, 0.3) is 11.8 Å². The number of benzene rings is 3. The molecule has 3 N–H and O–H groups in total. The van der Waals surface area contributed by atoms with Gasteiger partial charge in [-0.1, -0.05) is 132 Å². The molecule has 1 aliphatic heterocycles. The number of anilines is 2. The van der Waals surface area contributed by atoms with E-state index in [0.717, 1.165) is 24.8 Å². The van der Waals surface area contributed by atoms with Gasteiger partial charge in [-0.3, -0.25) is 9.59 Å². The third kappa shape index (κ3) is 11.6. The van der Waals surface area contributed by atoms with Crippen LogP contribution in [0, 0.1) is 0 Å². The van der Waals surface area contributed by atoms with Crippen LogP contribution in [-0.2, 0) is 15.0 Å². The fourth-order valence-corrected chi connectivity index (χ4v) is 7.02. The Labute approximate surface area is 321 Å². The Hall–Kier alpha value is -3.30. The third-order valence-electron chi connectivity index (χ3n) is 8.60. The van der Waals surface area contributed by atoms with Gasteiger partial charge in [-0.2, -0.15) is 0 Å². The smallest absolute Gasteiger partial charge is 0.300 e. The van der Waals surface area contributed by atoms with E-state index in [1.54, 1.807) is 36.4 Å². The van der Waals surface area contributed by atoms with Gasteiger partial charge in [-0.05, 0) is 66.8 Å². The van der Waals surface area contributed by atoms with Gasteiger partial charge in [0.05, 0.1) is 26.3 Å². The zero-order valence-corrected chi connectivity index (χ0v) is 32.6. The fourth-order valence-electron chi connectivity index (χ4n) is 5.85. The molecule has 274 valence electrons. The van der Waals surface area contributed by atoms with E-state index in [1.165, 1.54) is 57.1 Å². The topological polar surface area (TPSA) is 112 Å². The van der Waals surface area contributed by atoms with E-state index >= 15 is 0 Å². The van der Waals surface area contributed by atoms with Gasteiger partial charge in [0.2, 0.25) is 0 Å². The maximum atomic E-state index is 13.8. The van der Waals surface area contributed by atoms with Gasteiger partial charge < -0.3 is 20.5 Å². The summed E-state index contributed by atoms with van der Waals surface area (Å²) in [4.78, 5) is 26.6. The molecule has 2 amide bonds. The Balaban J connectivity index is 1.50. The van der Waals surface area contributed by atoms with Gasteiger partial charge in [-0.25, -0.2) is 0 Å². The monoisotopic (exact) mass is 774 g/mol. The molecule has 0 radical (unpaired) electrons. The maximum Gasteiger partial charge on any atom is 0.300 e. The molecule has 1 unspecified atom stereocenters. The van der Waals surface area contributed by atoms with Crippen molar-refractivity contribution in [3.05, 3.63) is 85.6 Å². The summed E-state index contributed by atoms with van der Waals surface area (Å²) in [5.41, 5.74) is 1.49. The SMILES string of the molecule is CCCCCCCCCCCCC(Oc1ccc(O)c(C(C)(C)C)c1)C(=O)Nc1ccc(Cl)c(NC2=C(c3c(Cl)cc(Cl)cc3Cl)C(=O)N=N2)c1. The number of nitrogens with zero attached hydrogens (tertiary/aromatic N) is 2. The van der Waals surface area contributed by atoms with Crippen LogP contribution < -0.4 is 15.4 Å². The van der Waals surface area contributed by atoms with Crippen LogP contribution in [0.2, 0.25) is 20.1 Å². The Morgan fingerprint density at radius 1 is 0.824 bits per heavy atom. The average molecular weight is 777 g/mol. The van der Waals surface area contributed by atoms with Crippen LogP contribution >= 0.6 is 46.4 Å². The van der Waals surface area contributed by atoms with Crippen molar-refractivity contribution >= 4 is 75.2 Å². The molecule has 0 aliphatic carbocycles. The highest BCUT2D eigenvalue weighted by molar-refractivity contribution is 6.43. The molecule has 0 saturated carbocycles. The first-order valence-electron chi connectivity index (χ1n) is 17.5. The Morgan fingerprint density at radius 3 is 2.08 bits per heavy atom. The molecule has 51 heavy (non-hydrogen) atoms. The molecule has 1 heterocycles. The lowest BCUT2D eigenvalue weighted by molar-refractivity contribution is -0.123. The second-order valence-electron chi connectivity index (χ2n) is 13.8. The number of azo groups is 1. The number of hydrogen-bond donors (Lipinski definition) is 3. The van der Waals surface area contributed by atoms with E-state index in [-0.39, 0.29) is 44.1 Å². The predicted molar refractivity (Wildman–Crippen MR) is 210 cm³/mol. The van der Waals surface area contributed by atoms with Crippen molar-refractivity contribution in [2.45, 2.75) is 110 Å². The van der Waals surface area contributed by atoms with Gasteiger partial charge in [0.15, 0.2) is 11.9 Å². The fraction of sp³-hybridized carbons (Fsp3) is 0.436. The van der Waals surface area contributed by atoms with Crippen molar-refractivity contribution in [1.82, 2.24) is 0 Å². The number of phenols is 1. The van der Waals surface area contributed by atoms with Crippen LogP contribution in [0.1, 0.15) is 109 Å². The average Bonchev–Trinajstić information content (AvgIpc) is 3.41. The van der Waals surface area contributed by atoms with Crippen molar-refractivity contribution in [3.8, 4) is 11.5 Å². The van der Waals surface area contributed by atoms with Crippen LogP contribution in [0.5, 0.6) is 11.5 Å². The Morgan fingerprint density at radius 2 is 1.45 bits per heavy atom. The molecular formula is C39H46Cl4N4O4. The number of unbranched alkanes of at least 4 members (excludes halogenated alkanes) is 9. The summed E-state index contributed by atoms with van der Waals surface area (Å²) in [7, 11) is 0. The number of nitrogens with one attached hydrogen (secondary N) is 2. The molecule has 3 aromatic carbocycles. The van der Waals surface area contributed by atoms with Gasteiger partial charge in [0.1, 0.15) is 11.5 Å². The summed E-state index contributed by atoms with van der Waals surface area (Å²) in [6, 6.07) is 12.9. The molecule has 0 aromatic heterocycles. The first-order chi connectivity index (χ1) is 24.3. The Bertz CT molecular complexity index is 1750. The van der Waals surface area contributed by atoms with Crippen molar-refractivity contribution in [1.29, 1.82) is 0 Å². The minimum Gasteiger partial charge on any atom is -0.508 e. The van der Waals surface area contributed by atoms with Crippen molar-refractivity contribution in [2.24, 2.45) is 10.2 Å². The minimum atomic E-state index is -0.798. The summed E-state index contributed by atoms with van der Waals surface area (Å²) in [6.07, 6.45) is 11.4. The normalized spacial score (nSPS) is 13.5. The van der Waals surface area contributed by atoms with Crippen molar-refractivity contribution in [2.75, 3.05) is 10.6 Å². The van der Waals surface area contributed by atoms with Crippen LogP contribution in [0.4, 0.5) is 11.4 Å². The highest BCUT2D eigenvalue weighted by atomic mass is 35.5. The summed E-state index contributed by atoms with van der Waals surface area (Å²) in [5.74, 6) is -0.214. The number of carbonyl (C=O) groups excluding carboxylic acids is 2. The molecule has 0 saturated heterocycles. The largest absolute Gasteiger partial charge is 0.508 e. The standard InChI is InChI=1S/C39H46Cl4N4O4/c1-5-6-7-8-9-10-11-12-13-14-15-33(51-26-17-19-32(48)27(23-26)39(2,3)4)37(49)44-25-16-18-28(41)31(22-25)45-36-35(38(50)47-46-36)34-29(42)20-24(40)21-30(34)43/h16-23,33,45,48H,5-15H2,1-4H3,(H,44,49). The molecule has 0 fully saturated rings. The molecule has 4 rings (SSSR count). The minimum absolute atomic E-state index is 0.0562. The summed E-state index contributed by atoms with van der Waals surface area (Å²) >= 11 is 25.4. The number of ether oxygens (including phenoxy) is 1. The second kappa shape index (κ2) is 19.0. The number of phenolic OH excluding ortho intramolecular Hbond substituents is 1. The van der Waals surface area contributed by atoms with Gasteiger partial charge in [0, 0.05) is 21.8 Å². The first kappa shape index (κ1) is 40.5. The van der Waals surface area contributed by atoms with E-state index in [0.29, 0.717) is 33.6 Å². The number of hydrogen-bond acceptors (Lipinski definition) is 6. The van der Waals surface area contributed by atoms with Crippen molar-refractivity contribution in [3.63, 3.8) is 0 Å². The molecule has 3 aromatic rings. The lowest BCUT2D eigenvalue weighted by Crippen LogP contribution is -2.33. The van der Waals surface area contributed by atoms with Crippen molar-refractivity contribution < 1.29 is 19.4 Å². The van der Waals surface area contributed by atoms with Gasteiger partial charge >= 0.3 is 0 Å². The van der Waals surface area contributed by atoms with E-state index in [4.69, 9.17) is 51.1 Å². The van der Waals surface area contributed by atoms with Crippen LogP contribution in [0.25, 0.3) is 5.57 Å². The zero-order chi connectivity index (χ0) is 37.1. The molecule has 0 bridgehead atoms. The second-order valence-corrected chi connectivity index (χ2v) is 15.4. The van der Waals surface area contributed by atoms with Crippen LogP contribution in [0.15, 0.2) is 64.6 Å². The Kier molecular flexibility index (Phi) is 15.1. The van der Waals surface area contributed by atoms with E-state index in [1.807, 2.05) is 20.8 Å². The molecular weight excluding hydrogens is 730 g/mol. The van der Waals surface area contributed by atoms with E-state index in [2.05, 4.69) is 27.8 Å². The van der Waals surface area contributed by atoms with Gasteiger partial charge in [-0.15, -0.1) is 10.2 Å². The molecule has 1 atom stereocenters.